The number of hydrogen-bond donors (Lipinski definition) is 1. The third-order valence-corrected chi connectivity index (χ3v) is 5.64. The zero-order valence-corrected chi connectivity index (χ0v) is 20.4. The molecule has 0 bridgehead atoms. The van der Waals surface area contributed by atoms with Crippen molar-refractivity contribution in [3.8, 4) is 11.5 Å². The molecule has 2 aromatic rings. The first kappa shape index (κ1) is 24.2. The molecule has 1 aliphatic carbocycles. The molecule has 0 amide bonds. The second-order valence-corrected chi connectivity index (χ2v) is 7.52. The monoisotopic (exact) mass is 527 g/mol. The second-order valence-electron chi connectivity index (χ2n) is 7.52. The molecule has 0 unspecified atom stereocenters. The van der Waals surface area contributed by atoms with Gasteiger partial charge in [-0.1, -0.05) is 24.3 Å². The van der Waals surface area contributed by atoms with Crippen LogP contribution in [0.4, 0.5) is 4.39 Å². The fourth-order valence-electron chi connectivity index (χ4n) is 3.66. The molecule has 1 saturated carbocycles. The standard InChI is InChI=1S/C23H30FN3O2.HI/c1-25-22(26-16-23(12-13-23)18-7-5-6-8-19(18)24)27(2)14-11-17-9-10-20(28-3)21(15-17)29-4;/h5-10,15H,11-14,16H2,1-4H3,(H,25,26);1H. The summed E-state index contributed by atoms with van der Waals surface area (Å²) in [7, 11) is 7.06. The van der Waals surface area contributed by atoms with Gasteiger partial charge in [0.1, 0.15) is 5.82 Å². The highest BCUT2D eigenvalue weighted by Crippen LogP contribution is 2.48. The molecule has 0 atom stereocenters. The highest BCUT2D eigenvalue weighted by molar-refractivity contribution is 14.0. The van der Waals surface area contributed by atoms with Gasteiger partial charge >= 0.3 is 0 Å². The van der Waals surface area contributed by atoms with Crippen LogP contribution in [0.3, 0.4) is 0 Å². The lowest BCUT2D eigenvalue weighted by atomic mass is 9.95. The zero-order chi connectivity index (χ0) is 20.9. The van der Waals surface area contributed by atoms with E-state index in [1.165, 1.54) is 0 Å². The summed E-state index contributed by atoms with van der Waals surface area (Å²) in [5.41, 5.74) is 1.84. The maximum atomic E-state index is 14.2. The molecule has 0 aromatic heterocycles. The Morgan fingerprint density at radius 2 is 1.83 bits per heavy atom. The molecule has 1 fully saturated rings. The van der Waals surface area contributed by atoms with E-state index in [-0.39, 0.29) is 35.2 Å². The Bertz CT molecular complexity index is 871. The van der Waals surface area contributed by atoms with Crippen LogP contribution in [-0.2, 0) is 11.8 Å². The largest absolute Gasteiger partial charge is 0.493 e. The first-order chi connectivity index (χ1) is 14.0. The Morgan fingerprint density at radius 1 is 1.13 bits per heavy atom. The van der Waals surface area contributed by atoms with Crippen molar-refractivity contribution < 1.29 is 13.9 Å². The zero-order valence-electron chi connectivity index (χ0n) is 18.1. The third-order valence-electron chi connectivity index (χ3n) is 5.64. The summed E-state index contributed by atoms with van der Waals surface area (Å²) < 4.78 is 24.9. The summed E-state index contributed by atoms with van der Waals surface area (Å²) in [6, 6.07) is 13.0. The van der Waals surface area contributed by atoms with E-state index in [9.17, 15) is 4.39 Å². The number of guanidine groups is 1. The molecule has 0 radical (unpaired) electrons. The highest BCUT2D eigenvalue weighted by atomic mass is 127. The first-order valence-corrected chi connectivity index (χ1v) is 9.90. The van der Waals surface area contributed by atoms with Crippen LogP contribution in [-0.4, -0.2) is 52.3 Å². The van der Waals surface area contributed by atoms with Gasteiger partial charge in [0.15, 0.2) is 17.5 Å². The second kappa shape index (κ2) is 10.8. The molecule has 164 valence electrons. The van der Waals surface area contributed by atoms with E-state index in [4.69, 9.17) is 9.47 Å². The lowest BCUT2D eigenvalue weighted by Crippen LogP contribution is -2.43. The molecular weight excluding hydrogens is 496 g/mol. The van der Waals surface area contributed by atoms with Crippen molar-refractivity contribution >= 4 is 29.9 Å². The Labute approximate surface area is 195 Å². The van der Waals surface area contributed by atoms with Crippen molar-refractivity contribution in [3.63, 3.8) is 0 Å². The van der Waals surface area contributed by atoms with Crippen LogP contribution >= 0.6 is 24.0 Å². The summed E-state index contributed by atoms with van der Waals surface area (Å²) in [4.78, 5) is 6.49. The predicted octanol–water partition coefficient (Wildman–Crippen LogP) is 4.24. The molecule has 0 spiro atoms. The van der Waals surface area contributed by atoms with E-state index in [2.05, 4.69) is 15.2 Å². The van der Waals surface area contributed by atoms with E-state index in [1.54, 1.807) is 33.4 Å². The van der Waals surface area contributed by atoms with E-state index < -0.39 is 0 Å². The number of hydrogen-bond acceptors (Lipinski definition) is 3. The van der Waals surface area contributed by atoms with Gasteiger partial charge < -0.3 is 19.7 Å². The summed E-state index contributed by atoms with van der Waals surface area (Å²) >= 11 is 0. The van der Waals surface area contributed by atoms with E-state index in [0.717, 1.165) is 54.4 Å². The van der Waals surface area contributed by atoms with Crippen molar-refractivity contribution in [2.75, 3.05) is 41.4 Å². The van der Waals surface area contributed by atoms with Crippen molar-refractivity contribution in [1.82, 2.24) is 10.2 Å². The van der Waals surface area contributed by atoms with E-state index >= 15 is 0 Å². The Kier molecular flexibility index (Phi) is 8.76. The fourth-order valence-corrected chi connectivity index (χ4v) is 3.66. The van der Waals surface area contributed by atoms with Crippen molar-refractivity contribution in [1.29, 1.82) is 0 Å². The molecule has 1 N–H and O–H groups in total. The van der Waals surface area contributed by atoms with Gasteiger partial charge in [-0.15, -0.1) is 24.0 Å². The minimum Gasteiger partial charge on any atom is -0.493 e. The number of benzene rings is 2. The number of ether oxygens (including phenoxy) is 2. The molecule has 0 saturated heterocycles. The van der Waals surface area contributed by atoms with Crippen LogP contribution in [0.15, 0.2) is 47.5 Å². The average Bonchev–Trinajstić information content (AvgIpc) is 3.53. The number of halogens is 2. The number of nitrogens with zero attached hydrogens (tertiary/aromatic N) is 2. The molecule has 1 aliphatic rings. The quantitative estimate of drug-likeness (QED) is 0.317. The number of nitrogens with one attached hydrogen (secondary N) is 1. The fraction of sp³-hybridized carbons (Fsp3) is 0.435. The van der Waals surface area contributed by atoms with Gasteiger partial charge in [-0.3, -0.25) is 4.99 Å². The number of likely N-dealkylation sites (N-methyl/N-ethyl adjacent to an activating group) is 1. The summed E-state index contributed by atoms with van der Waals surface area (Å²) in [5, 5.41) is 3.44. The van der Waals surface area contributed by atoms with Gasteiger partial charge in [0, 0.05) is 32.6 Å². The van der Waals surface area contributed by atoms with Crippen LogP contribution in [0.5, 0.6) is 11.5 Å². The molecule has 5 nitrogen and oxygen atoms in total. The summed E-state index contributed by atoms with van der Waals surface area (Å²) in [6.07, 6.45) is 2.83. The Balaban J connectivity index is 0.00000320. The predicted molar refractivity (Wildman–Crippen MR) is 130 cm³/mol. The van der Waals surface area contributed by atoms with Crippen LogP contribution in [0.1, 0.15) is 24.0 Å². The Morgan fingerprint density at radius 3 is 2.43 bits per heavy atom. The van der Waals surface area contributed by atoms with Gasteiger partial charge in [-0.05, 0) is 48.6 Å². The maximum absolute atomic E-state index is 14.2. The van der Waals surface area contributed by atoms with E-state index in [1.807, 2.05) is 37.4 Å². The van der Waals surface area contributed by atoms with Crippen molar-refractivity contribution in [2.45, 2.75) is 24.7 Å². The van der Waals surface area contributed by atoms with Crippen molar-refractivity contribution in [3.05, 3.63) is 59.4 Å². The smallest absolute Gasteiger partial charge is 0.193 e. The molecule has 0 heterocycles. The molecule has 30 heavy (non-hydrogen) atoms. The van der Waals surface area contributed by atoms with Gasteiger partial charge in [-0.25, -0.2) is 4.39 Å². The SMILES string of the molecule is CN=C(NCC1(c2ccccc2F)CC1)N(C)CCc1ccc(OC)c(OC)c1.I. The van der Waals surface area contributed by atoms with Crippen LogP contribution < -0.4 is 14.8 Å². The third kappa shape index (κ3) is 5.56. The lowest BCUT2D eigenvalue weighted by molar-refractivity contribution is 0.354. The number of methoxy groups -OCH3 is 2. The molecule has 2 aromatic carbocycles. The van der Waals surface area contributed by atoms with Crippen LogP contribution in [0.2, 0.25) is 0 Å². The molecule has 3 rings (SSSR count). The number of rotatable bonds is 8. The molecule has 0 aliphatic heterocycles. The van der Waals surface area contributed by atoms with Crippen LogP contribution in [0, 0.1) is 5.82 Å². The molecular formula is C23H31FIN3O2. The summed E-state index contributed by atoms with van der Waals surface area (Å²) in [6.45, 7) is 1.48. The normalized spacial score (nSPS) is 14.5. The lowest BCUT2D eigenvalue weighted by Gasteiger charge is -2.25. The minimum absolute atomic E-state index is 0. The molecule has 7 heteroatoms. The minimum atomic E-state index is -0.122. The van der Waals surface area contributed by atoms with Crippen molar-refractivity contribution in [2.24, 2.45) is 4.99 Å². The Hall–Kier alpha value is -2.03. The van der Waals surface area contributed by atoms with Crippen LogP contribution in [0.25, 0.3) is 0 Å². The van der Waals surface area contributed by atoms with Gasteiger partial charge in [0.25, 0.3) is 0 Å². The maximum Gasteiger partial charge on any atom is 0.193 e. The summed E-state index contributed by atoms with van der Waals surface area (Å²) in [5.74, 6) is 2.15. The van der Waals surface area contributed by atoms with Gasteiger partial charge in [-0.2, -0.15) is 0 Å². The highest BCUT2D eigenvalue weighted by Gasteiger charge is 2.45. The average molecular weight is 527 g/mol. The first-order valence-electron chi connectivity index (χ1n) is 9.90. The van der Waals surface area contributed by atoms with Gasteiger partial charge in [0.05, 0.1) is 14.2 Å². The number of aliphatic imine (C=N–C) groups is 1. The topological polar surface area (TPSA) is 46.1 Å². The van der Waals surface area contributed by atoms with E-state index in [0.29, 0.717) is 6.54 Å². The van der Waals surface area contributed by atoms with Gasteiger partial charge in [0.2, 0.25) is 0 Å².